The van der Waals surface area contributed by atoms with Crippen LogP contribution in [0.15, 0.2) is 11.1 Å². The van der Waals surface area contributed by atoms with Crippen molar-refractivity contribution in [2.24, 2.45) is 0 Å². The van der Waals surface area contributed by atoms with Gasteiger partial charge in [-0.3, -0.25) is 0 Å². The van der Waals surface area contributed by atoms with Gasteiger partial charge >= 0.3 is 11.7 Å². The number of nitrogens with zero attached hydrogens (tertiary/aromatic N) is 5. The summed E-state index contributed by atoms with van der Waals surface area (Å²) in [7, 11) is 0. The van der Waals surface area contributed by atoms with Crippen molar-refractivity contribution in [3.63, 3.8) is 0 Å². The van der Waals surface area contributed by atoms with Crippen LogP contribution in [0, 0.1) is 0 Å². The first kappa shape index (κ1) is 12.2. The Balaban J connectivity index is 2.53. The maximum atomic E-state index is 11.9. The molecule has 0 fully saturated rings. The number of carbonyl (C=O) groups is 1. The Morgan fingerprint density at radius 2 is 2.22 bits per heavy atom. The number of imidazole rings is 1. The monoisotopic (exact) mass is 251 g/mol. The lowest BCUT2D eigenvalue weighted by Crippen LogP contribution is -2.29. The van der Waals surface area contributed by atoms with Crippen molar-refractivity contribution < 1.29 is 9.53 Å². The van der Waals surface area contributed by atoms with Gasteiger partial charge < -0.3 is 4.74 Å². The van der Waals surface area contributed by atoms with E-state index in [0.717, 1.165) is 6.42 Å². The zero-order valence-electron chi connectivity index (χ0n) is 10.2. The second-order valence-corrected chi connectivity index (χ2v) is 3.60. The van der Waals surface area contributed by atoms with Gasteiger partial charge in [-0.15, -0.1) is 5.10 Å². The van der Waals surface area contributed by atoms with Gasteiger partial charge in [0.2, 0.25) is 0 Å². The number of aromatic nitrogens is 5. The van der Waals surface area contributed by atoms with Crippen molar-refractivity contribution in [3.8, 4) is 0 Å². The number of ether oxygens (including phenoxy) is 1. The molecule has 0 saturated heterocycles. The average Bonchev–Trinajstić information content (AvgIpc) is 2.78. The minimum Gasteiger partial charge on any atom is -0.461 e. The fourth-order valence-electron chi connectivity index (χ4n) is 1.53. The number of hydrogen-bond donors (Lipinski definition) is 0. The van der Waals surface area contributed by atoms with Crippen molar-refractivity contribution in [1.29, 1.82) is 0 Å². The molecule has 0 amide bonds. The summed E-state index contributed by atoms with van der Waals surface area (Å²) in [6, 6.07) is 0. The molecule has 18 heavy (non-hydrogen) atoms. The van der Waals surface area contributed by atoms with E-state index in [1.165, 1.54) is 15.4 Å². The van der Waals surface area contributed by atoms with Gasteiger partial charge in [0, 0.05) is 6.54 Å². The Labute approximate surface area is 102 Å². The zero-order chi connectivity index (χ0) is 13.1. The largest absolute Gasteiger partial charge is 0.461 e. The fourth-order valence-corrected chi connectivity index (χ4v) is 1.53. The van der Waals surface area contributed by atoms with Gasteiger partial charge in [-0.1, -0.05) is 12.1 Å². The van der Waals surface area contributed by atoms with Crippen LogP contribution in [0.25, 0.3) is 5.65 Å². The van der Waals surface area contributed by atoms with Gasteiger partial charge in [0.15, 0.2) is 11.3 Å². The van der Waals surface area contributed by atoms with E-state index in [-0.39, 0.29) is 23.6 Å². The molecule has 0 N–H and O–H groups in total. The van der Waals surface area contributed by atoms with E-state index in [1.54, 1.807) is 6.92 Å². The molecule has 0 unspecified atom stereocenters. The molecule has 0 aliphatic rings. The van der Waals surface area contributed by atoms with Crippen LogP contribution >= 0.6 is 0 Å². The standard InChI is InChI=1S/C10H13N5O3/c1-3-5-15-10(17)14-6-11-7(8(14)12-13-15)9(16)18-4-2/h6H,3-5H2,1-2H3. The third-order valence-electron chi connectivity index (χ3n) is 2.32. The molecule has 0 spiro atoms. The molecule has 2 rings (SSSR count). The first-order valence-corrected chi connectivity index (χ1v) is 5.67. The molecular weight excluding hydrogens is 238 g/mol. The van der Waals surface area contributed by atoms with Crippen LogP contribution in [0.3, 0.4) is 0 Å². The second-order valence-electron chi connectivity index (χ2n) is 3.60. The fraction of sp³-hybridized carbons (Fsp3) is 0.500. The predicted octanol–water partition coefficient (Wildman–Crippen LogP) is -0.127. The summed E-state index contributed by atoms with van der Waals surface area (Å²) in [6.45, 7) is 4.32. The van der Waals surface area contributed by atoms with Gasteiger partial charge in [0.05, 0.1) is 6.61 Å². The van der Waals surface area contributed by atoms with Gasteiger partial charge in [-0.05, 0) is 13.3 Å². The summed E-state index contributed by atoms with van der Waals surface area (Å²) in [5, 5.41) is 7.59. The summed E-state index contributed by atoms with van der Waals surface area (Å²) >= 11 is 0. The van der Waals surface area contributed by atoms with Crippen LogP contribution in [0.4, 0.5) is 0 Å². The maximum absolute atomic E-state index is 11.9. The van der Waals surface area contributed by atoms with Crippen molar-refractivity contribution >= 4 is 11.6 Å². The Morgan fingerprint density at radius 3 is 2.89 bits per heavy atom. The molecule has 0 saturated carbocycles. The molecule has 2 heterocycles. The van der Waals surface area contributed by atoms with Gasteiger partial charge in [0.25, 0.3) is 0 Å². The SMILES string of the molecule is CCCn1nnc2c(C(=O)OCC)ncn2c1=O. The lowest BCUT2D eigenvalue weighted by Gasteiger charge is -2.01. The van der Waals surface area contributed by atoms with Crippen LogP contribution in [0.5, 0.6) is 0 Å². The summed E-state index contributed by atoms with van der Waals surface area (Å²) in [4.78, 5) is 27.4. The van der Waals surface area contributed by atoms with Gasteiger partial charge in [-0.2, -0.15) is 4.68 Å². The Morgan fingerprint density at radius 1 is 1.44 bits per heavy atom. The van der Waals surface area contributed by atoms with E-state index >= 15 is 0 Å². The minimum absolute atomic E-state index is 0.00472. The lowest BCUT2D eigenvalue weighted by molar-refractivity contribution is 0.0522. The van der Waals surface area contributed by atoms with Crippen LogP contribution < -0.4 is 5.69 Å². The Kier molecular flexibility index (Phi) is 3.35. The smallest absolute Gasteiger partial charge is 0.360 e. The molecule has 2 aromatic heterocycles. The van der Waals surface area contributed by atoms with Crippen molar-refractivity contribution in [1.82, 2.24) is 24.4 Å². The molecule has 8 nitrogen and oxygen atoms in total. The highest BCUT2D eigenvalue weighted by Crippen LogP contribution is 2.04. The first-order chi connectivity index (χ1) is 8.69. The van der Waals surface area contributed by atoms with Gasteiger partial charge in [0.1, 0.15) is 6.33 Å². The second kappa shape index (κ2) is 4.94. The molecule has 0 aliphatic carbocycles. The molecule has 0 radical (unpaired) electrons. The third-order valence-corrected chi connectivity index (χ3v) is 2.32. The Bertz CT molecular complexity index is 630. The van der Waals surface area contributed by atoms with Gasteiger partial charge in [-0.25, -0.2) is 19.0 Å². The molecule has 8 heteroatoms. The predicted molar refractivity (Wildman–Crippen MR) is 61.3 cm³/mol. The molecule has 0 bridgehead atoms. The number of fused-ring (bicyclic) bond motifs is 1. The quantitative estimate of drug-likeness (QED) is 0.703. The van der Waals surface area contributed by atoms with E-state index in [9.17, 15) is 9.59 Å². The molecule has 0 aliphatic heterocycles. The maximum Gasteiger partial charge on any atom is 0.360 e. The molecule has 96 valence electrons. The van der Waals surface area contributed by atoms with Crippen LogP contribution in [0.1, 0.15) is 30.8 Å². The zero-order valence-corrected chi connectivity index (χ0v) is 10.2. The minimum atomic E-state index is -0.609. The number of aryl methyl sites for hydroxylation is 1. The number of carbonyl (C=O) groups excluding carboxylic acids is 1. The lowest BCUT2D eigenvalue weighted by atomic mass is 10.4. The normalized spacial score (nSPS) is 10.8. The average molecular weight is 251 g/mol. The number of esters is 1. The topological polar surface area (TPSA) is 91.4 Å². The summed E-state index contributed by atoms with van der Waals surface area (Å²) < 4.78 is 7.24. The number of rotatable bonds is 4. The van der Waals surface area contributed by atoms with E-state index in [4.69, 9.17) is 4.74 Å². The summed E-state index contributed by atoms with van der Waals surface area (Å²) in [5.41, 5.74) is -0.249. The van der Waals surface area contributed by atoms with Crippen LogP contribution in [0.2, 0.25) is 0 Å². The van der Waals surface area contributed by atoms with E-state index in [0.29, 0.717) is 6.54 Å². The highest BCUT2D eigenvalue weighted by molar-refractivity contribution is 5.93. The molecule has 0 atom stereocenters. The van der Waals surface area contributed by atoms with Crippen molar-refractivity contribution in [3.05, 3.63) is 22.5 Å². The molecule has 2 aromatic rings. The summed E-state index contributed by atoms with van der Waals surface area (Å²) in [5.74, 6) is -0.609. The highest BCUT2D eigenvalue weighted by atomic mass is 16.5. The van der Waals surface area contributed by atoms with Crippen molar-refractivity contribution in [2.45, 2.75) is 26.8 Å². The summed E-state index contributed by atoms with van der Waals surface area (Å²) in [6.07, 6.45) is 2.02. The van der Waals surface area contributed by atoms with E-state index in [2.05, 4.69) is 15.3 Å². The van der Waals surface area contributed by atoms with E-state index in [1.807, 2.05) is 6.92 Å². The number of hydrogen-bond acceptors (Lipinski definition) is 6. The Hall–Kier alpha value is -2.25. The third kappa shape index (κ3) is 1.96. The first-order valence-electron chi connectivity index (χ1n) is 5.67. The van der Waals surface area contributed by atoms with Crippen LogP contribution in [-0.4, -0.2) is 37.0 Å². The van der Waals surface area contributed by atoms with Crippen molar-refractivity contribution in [2.75, 3.05) is 6.61 Å². The van der Waals surface area contributed by atoms with Crippen LogP contribution in [-0.2, 0) is 11.3 Å². The van der Waals surface area contributed by atoms with E-state index < -0.39 is 5.97 Å². The molecular formula is C10H13N5O3. The highest BCUT2D eigenvalue weighted by Gasteiger charge is 2.18. The molecule has 0 aromatic carbocycles.